The molecule has 1 aromatic carbocycles. The molecule has 6 nitrogen and oxygen atoms in total. The van der Waals surface area contributed by atoms with E-state index in [0.29, 0.717) is 41.7 Å². The van der Waals surface area contributed by atoms with Crippen LogP contribution < -0.4 is 10.6 Å². The molecule has 0 amide bonds. The average molecular weight is 410 g/mol. The van der Waals surface area contributed by atoms with Crippen molar-refractivity contribution in [1.82, 2.24) is 15.6 Å². The van der Waals surface area contributed by atoms with Crippen LogP contribution >= 0.6 is 11.3 Å². The van der Waals surface area contributed by atoms with Crippen LogP contribution in [0.4, 0.5) is 8.78 Å². The Bertz CT molecular complexity index is 834. The van der Waals surface area contributed by atoms with E-state index in [1.165, 1.54) is 23.5 Å². The van der Waals surface area contributed by atoms with Gasteiger partial charge in [0.15, 0.2) is 5.96 Å². The van der Waals surface area contributed by atoms with Gasteiger partial charge in [-0.25, -0.2) is 18.6 Å². The van der Waals surface area contributed by atoms with Gasteiger partial charge in [-0.05, 0) is 44.9 Å². The molecular weight excluding hydrogens is 386 g/mol. The highest BCUT2D eigenvalue weighted by atomic mass is 32.1. The number of ether oxygens (including phenoxy) is 1. The first-order chi connectivity index (χ1) is 13.3. The molecule has 0 bridgehead atoms. The van der Waals surface area contributed by atoms with E-state index >= 15 is 0 Å². The maximum absolute atomic E-state index is 13.2. The van der Waals surface area contributed by atoms with Crippen molar-refractivity contribution in [1.29, 1.82) is 0 Å². The molecule has 1 atom stereocenters. The minimum Gasteiger partial charge on any atom is -0.462 e. The van der Waals surface area contributed by atoms with Crippen molar-refractivity contribution in [2.75, 3.05) is 20.2 Å². The van der Waals surface area contributed by atoms with E-state index in [4.69, 9.17) is 4.74 Å². The lowest BCUT2D eigenvalue weighted by molar-refractivity contribution is 0.0531. The van der Waals surface area contributed by atoms with Crippen LogP contribution in [0.3, 0.4) is 0 Å². The van der Waals surface area contributed by atoms with Crippen molar-refractivity contribution in [2.45, 2.75) is 33.2 Å². The maximum Gasteiger partial charge on any atom is 0.350 e. The fourth-order valence-corrected chi connectivity index (χ4v) is 3.49. The molecule has 0 saturated carbocycles. The van der Waals surface area contributed by atoms with Crippen molar-refractivity contribution >= 4 is 23.3 Å². The maximum atomic E-state index is 13.2. The molecule has 0 aliphatic heterocycles. The summed E-state index contributed by atoms with van der Waals surface area (Å²) in [5.74, 6) is -1.04. The molecule has 0 saturated heterocycles. The Kier molecular flexibility index (Phi) is 7.86. The number of esters is 1. The Morgan fingerprint density at radius 3 is 2.61 bits per heavy atom. The second-order valence-corrected chi connectivity index (χ2v) is 7.11. The predicted molar refractivity (Wildman–Crippen MR) is 106 cm³/mol. The van der Waals surface area contributed by atoms with E-state index in [1.54, 1.807) is 20.9 Å². The number of aromatic nitrogens is 1. The molecule has 0 spiro atoms. The molecule has 0 fully saturated rings. The Morgan fingerprint density at radius 2 is 2.00 bits per heavy atom. The first-order valence-electron chi connectivity index (χ1n) is 8.90. The van der Waals surface area contributed by atoms with Gasteiger partial charge in [0.05, 0.1) is 18.3 Å². The Morgan fingerprint density at radius 1 is 1.32 bits per heavy atom. The lowest BCUT2D eigenvalue weighted by Gasteiger charge is -2.16. The van der Waals surface area contributed by atoms with Crippen LogP contribution in [-0.4, -0.2) is 37.1 Å². The van der Waals surface area contributed by atoms with Gasteiger partial charge in [0.1, 0.15) is 21.5 Å². The third-order valence-electron chi connectivity index (χ3n) is 3.85. The third-order valence-corrected chi connectivity index (χ3v) is 5.17. The number of thiazole rings is 1. The summed E-state index contributed by atoms with van der Waals surface area (Å²) in [5, 5.41) is 7.02. The number of nitrogens with zero attached hydrogens (tertiary/aromatic N) is 2. The summed E-state index contributed by atoms with van der Waals surface area (Å²) in [6, 6.07) is 3.27. The molecule has 2 N–H and O–H groups in total. The van der Waals surface area contributed by atoms with Crippen LogP contribution in [0.2, 0.25) is 0 Å². The molecule has 2 aromatic rings. The summed E-state index contributed by atoms with van der Waals surface area (Å²) >= 11 is 1.28. The van der Waals surface area contributed by atoms with Crippen molar-refractivity contribution in [3.05, 3.63) is 51.0 Å². The predicted octanol–water partition coefficient (Wildman–Crippen LogP) is 3.38. The fraction of sp³-hybridized carbons (Fsp3) is 0.421. The van der Waals surface area contributed by atoms with Crippen molar-refractivity contribution in [3.8, 4) is 0 Å². The largest absolute Gasteiger partial charge is 0.462 e. The standard InChI is InChI=1S/C19H24F2N4O2S/c1-5-27-18(26)16-11(2)24-17(28-16)12(3)25-19(22-4)23-7-6-13-8-14(20)10-15(21)9-13/h8-10,12H,5-7H2,1-4H3,(H2,22,23,25). The number of hydrogen-bond acceptors (Lipinski definition) is 5. The van der Waals surface area contributed by atoms with E-state index in [9.17, 15) is 13.6 Å². The van der Waals surface area contributed by atoms with E-state index in [0.717, 1.165) is 11.1 Å². The number of nitrogens with one attached hydrogen (secondary N) is 2. The fourth-order valence-electron chi connectivity index (χ4n) is 2.53. The molecule has 1 heterocycles. The zero-order chi connectivity index (χ0) is 20.7. The van der Waals surface area contributed by atoms with E-state index in [1.807, 2.05) is 6.92 Å². The smallest absolute Gasteiger partial charge is 0.350 e. The third kappa shape index (κ3) is 5.98. The van der Waals surface area contributed by atoms with E-state index in [-0.39, 0.29) is 12.0 Å². The first-order valence-corrected chi connectivity index (χ1v) is 9.72. The number of aryl methyl sites for hydroxylation is 1. The van der Waals surface area contributed by atoms with Gasteiger partial charge >= 0.3 is 5.97 Å². The quantitative estimate of drug-likeness (QED) is 0.416. The van der Waals surface area contributed by atoms with Crippen molar-refractivity contribution < 1.29 is 18.3 Å². The van der Waals surface area contributed by atoms with Gasteiger partial charge in [0.2, 0.25) is 0 Å². The van der Waals surface area contributed by atoms with Gasteiger partial charge < -0.3 is 15.4 Å². The molecule has 28 heavy (non-hydrogen) atoms. The van der Waals surface area contributed by atoms with Crippen LogP contribution in [0, 0.1) is 18.6 Å². The molecule has 9 heteroatoms. The lowest BCUT2D eigenvalue weighted by Crippen LogP contribution is -2.39. The highest BCUT2D eigenvalue weighted by Gasteiger charge is 2.20. The topological polar surface area (TPSA) is 75.6 Å². The first kappa shape index (κ1) is 21.7. The van der Waals surface area contributed by atoms with Crippen LogP contribution in [0.25, 0.3) is 0 Å². The van der Waals surface area contributed by atoms with Gasteiger partial charge in [-0.1, -0.05) is 0 Å². The summed E-state index contributed by atoms with van der Waals surface area (Å²) in [6.07, 6.45) is 0.438. The summed E-state index contributed by atoms with van der Waals surface area (Å²) in [5.41, 5.74) is 1.19. The van der Waals surface area contributed by atoms with Crippen LogP contribution in [0.1, 0.15) is 45.8 Å². The van der Waals surface area contributed by atoms with Crippen molar-refractivity contribution in [3.63, 3.8) is 0 Å². The summed E-state index contributed by atoms with van der Waals surface area (Å²) in [6.45, 7) is 6.19. The van der Waals surface area contributed by atoms with Crippen LogP contribution in [0.15, 0.2) is 23.2 Å². The second kappa shape index (κ2) is 10.1. The number of guanidine groups is 1. The molecule has 1 aromatic heterocycles. The number of halogens is 2. The van der Waals surface area contributed by atoms with Gasteiger partial charge in [-0.3, -0.25) is 4.99 Å². The summed E-state index contributed by atoms with van der Waals surface area (Å²) in [4.78, 5) is 21.0. The Balaban J connectivity index is 1.93. The van der Waals surface area contributed by atoms with Gasteiger partial charge in [0.25, 0.3) is 0 Å². The lowest BCUT2D eigenvalue weighted by atomic mass is 10.1. The van der Waals surface area contributed by atoms with Gasteiger partial charge in [-0.2, -0.15) is 0 Å². The molecule has 2 rings (SSSR count). The zero-order valence-electron chi connectivity index (χ0n) is 16.3. The number of benzene rings is 1. The molecule has 0 aliphatic rings. The van der Waals surface area contributed by atoms with E-state index in [2.05, 4.69) is 20.6 Å². The van der Waals surface area contributed by atoms with Crippen LogP contribution in [0.5, 0.6) is 0 Å². The molecule has 152 valence electrons. The summed E-state index contributed by atoms with van der Waals surface area (Å²) < 4.78 is 31.5. The number of carbonyl (C=O) groups is 1. The number of carbonyl (C=O) groups excluding carboxylic acids is 1. The highest BCUT2D eigenvalue weighted by molar-refractivity contribution is 7.13. The Hall–Kier alpha value is -2.55. The normalized spacial score (nSPS) is 12.6. The molecular formula is C19H24F2N4O2S. The number of hydrogen-bond donors (Lipinski definition) is 2. The SMILES string of the molecule is CCOC(=O)c1sc(C(C)NC(=NC)NCCc2cc(F)cc(F)c2)nc1C. The average Bonchev–Trinajstić information content (AvgIpc) is 3.02. The highest BCUT2D eigenvalue weighted by Crippen LogP contribution is 2.24. The molecule has 1 unspecified atom stereocenters. The molecule has 0 radical (unpaired) electrons. The second-order valence-electron chi connectivity index (χ2n) is 6.08. The van der Waals surface area contributed by atoms with Crippen LogP contribution in [-0.2, 0) is 11.2 Å². The Labute approximate surface area is 167 Å². The monoisotopic (exact) mass is 410 g/mol. The minimum absolute atomic E-state index is 0.190. The van der Waals surface area contributed by atoms with E-state index < -0.39 is 11.6 Å². The number of rotatable bonds is 7. The van der Waals surface area contributed by atoms with Gasteiger partial charge in [-0.15, -0.1) is 11.3 Å². The minimum atomic E-state index is -0.595. The summed E-state index contributed by atoms with van der Waals surface area (Å²) in [7, 11) is 1.63. The van der Waals surface area contributed by atoms with Crippen molar-refractivity contribution in [2.24, 2.45) is 4.99 Å². The zero-order valence-corrected chi connectivity index (χ0v) is 17.1. The van der Waals surface area contributed by atoms with Gasteiger partial charge in [0, 0.05) is 19.7 Å². The number of aliphatic imine (C=N–C) groups is 1. The molecule has 0 aliphatic carbocycles.